The van der Waals surface area contributed by atoms with E-state index >= 15 is 0 Å². The Kier molecular flexibility index (Phi) is 8.16. The highest BCUT2D eigenvalue weighted by Crippen LogP contribution is 2.38. The van der Waals surface area contributed by atoms with Gasteiger partial charge in [0.2, 0.25) is 5.91 Å². The Morgan fingerprint density at radius 1 is 0.891 bits per heavy atom. The van der Waals surface area contributed by atoms with Gasteiger partial charge in [0.05, 0.1) is 19.2 Å². The van der Waals surface area contributed by atoms with Crippen LogP contribution in [0.5, 0.6) is 0 Å². The molecule has 3 atom stereocenters. The molecule has 7 rings (SSSR count). The van der Waals surface area contributed by atoms with Crippen molar-refractivity contribution in [2.75, 3.05) is 7.11 Å². The fourth-order valence-electron chi connectivity index (χ4n) is 6.80. The lowest BCUT2D eigenvalue weighted by molar-refractivity contribution is -0.145. The summed E-state index contributed by atoms with van der Waals surface area (Å²) in [4.78, 5) is 30.9. The van der Waals surface area contributed by atoms with Gasteiger partial charge in [-0.25, -0.2) is 4.79 Å². The predicted molar refractivity (Wildman–Crippen MR) is 182 cm³/mol. The van der Waals surface area contributed by atoms with Crippen LogP contribution in [0.3, 0.4) is 0 Å². The molecule has 0 radical (unpaired) electrons. The van der Waals surface area contributed by atoms with Crippen molar-refractivity contribution in [1.82, 2.24) is 20.2 Å². The molecule has 0 aliphatic carbocycles. The molecule has 1 aliphatic rings. The van der Waals surface area contributed by atoms with Gasteiger partial charge in [-0.1, -0.05) is 104 Å². The third kappa shape index (κ3) is 5.48. The second-order valence-electron chi connectivity index (χ2n) is 12.0. The Bertz CT molecular complexity index is 2010. The maximum atomic E-state index is 14.1. The van der Waals surface area contributed by atoms with Gasteiger partial charge in [0.25, 0.3) is 0 Å². The molecule has 0 spiro atoms. The number of hydrogen-bond donors (Lipinski definition) is 3. The topological polar surface area (TPSA) is 88.2 Å². The lowest BCUT2D eigenvalue weighted by atomic mass is 9.89. The van der Waals surface area contributed by atoms with E-state index in [0.717, 1.165) is 63.6 Å². The number of fused-ring (bicyclic) bond motifs is 4. The first-order valence-electron chi connectivity index (χ1n) is 16.0. The maximum absolute atomic E-state index is 14.1. The minimum Gasteiger partial charge on any atom is -0.467 e. The van der Waals surface area contributed by atoms with Gasteiger partial charge in [0.15, 0.2) is 6.04 Å². The highest BCUT2D eigenvalue weighted by molar-refractivity contribution is 5.92. The summed E-state index contributed by atoms with van der Waals surface area (Å²) in [5.74, 6) is -0.766. The van der Waals surface area contributed by atoms with Crippen molar-refractivity contribution in [2.45, 2.75) is 50.9 Å². The van der Waals surface area contributed by atoms with Crippen molar-refractivity contribution in [1.29, 1.82) is 0 Å². The number of benzene rings is 4. The molecule has 0 saturated heterocycles. The number of aryl methyl sites for hydroxylation is 1. The Hall–Kier alpha value is -5.14. The van der Waals surface area contributed by atoms with Crippen LogP contribution in [0, 0.1) is 0 Å². The zero-order valence-corrected chi connectivity index (χ0v) is 26.1. The van der Waals surface area contributed by atoms with E-state index in [1.165, 1.54) is 12.6 Å². The van der Waals surface area contributed by atoms with Gasteiger partial charge in [-0.2, -0.15) is 0 Å². The molecule has 2 aromatic heterocycles. The number of carbonyl (C=O) groups is 2. The standard InChI is InChI=1S/C39H38N4O3/c1-3-4-22-43-24-31(29-15-9-11-17-34(29)43)37-36-30(28-14-8-10-16-32(28)40-36)23-33(41-37)38(44)42-35(39(45)46-2)27-20-18-26(19-21-27)25-12-6-5-7-13-25/h5-21,24,33,35,37,40-41H,3-4,22-23H2,1-2H3,(H,42,44)/t33-,35?,37?/m1/s1. The van der Waals surface area contributed by atoms with Gasteiger partial charge < -0.3 is 19.6 Å². The molecule has 0 bridgehead atoms. The van der Waals surface area contributed by atoms with Crippen LogP contribution in [0.4, 0.5) is 0 Å². The second-order valence-corrected chi connectivity index (χ2v) is 12.0. The minimum atomic E-state index is -0.942. The van der Waals surface area contributed by atoms with Gasteiger partial charge in [0.1, 0.15) is 0 Å². The van der Waals surface area contributed by atoms with Crippen LogP contribution < -0.4 is 10.6 Å². The molecule has 0 saturated carbocycles. The highest BCUT2D eigenvalue weighted by atomic mass is 16.5. The molecule has 2 unspecified atom stereocenters. The van der Waals surface area contributed by atoms with Crippen molar-refractivity contribution in [3.63, 3.8) is 0 Å². The first-order valence-corrected chi connectivity index (χ1v) is 16.0. The minimum absolute atomic E-state index is 0.249. The van der Waals surface area contributed by atoms with Gasteiger partial charge in [-0.05, 0) is 47.2 Å². The maximum Gasteiger partial charge on any atom is 0.333 e. The van der Waals surface area contributed by atoms with Gasteiger partial charge >= 0.3 is 5.97 Å². The van der Waals surface area contributed by atoms with Crippen molar-refractivity contribution in [2.24, 2.45) is 0 Å². The number of unbranched alkanes of at least 4 members (excludes halogenated alkanes) is 1. The number of nitrogens with zero attached hydrogens (tertiary/aromatic N) is 1. The Morgan fingerprint density at radius 2 is 1.59 bits per heavy atom. The number of nitrogens with one attached hydrogen (secondary N) is 3. The van der Waals surface area contributed by atoms with Crippen molar-refractivity contribution < 1.29 is 14.3 Å². The van der Waals surface area contributed by atoms with Gasteiger partial charge in [-0.3, -0.25) is 10.1 Å². The lowest BCUT2D eigenvalue weighted by Gasteiger charge is -2.31. The average molecular weight is 611 g/mol. The summed E-state index contributed by atoms with van der Waals surface area (Å²) >= 11 is 0. The van der Waals surface area contributed by atoms with E-state index in [4.69, 9.17) is 4.74 Å². The van der Waals surface area contributed by atoms with E-state index < -0.39 is 18.1 Å². The molecular formula is C39H38N4O3. The number of H-pyrrole nitrogens is 1. The van der Waals surface area contributed by atoms with Gasteiger partial charge in [0, 0.05) is 45.8 Å². The number of aromatic nitrogens is 2. The fraction of sp³-hybridized carbons (Fsp3) is 0.231. The SMILES string of the molecule is CCCCn1cc(C2N[C@@H](C(=O)NC(C(=O)OC)c3ccc(-c4ccccc4)cc3)Cc3c2[nH]c2ccccc32)c2ccccc21. The molecular weight excluding hydrogens is 572 g/mol. The van der Waals surface area contributed by atoms with Crippen molar-refractivity contribution >= 4 is 33.7 Å². The van der Waals surface area contributed by atoms with Crippen LogP contribution in [-0.4, -0.2) is 34.6 Å². The molecule has 46 heavy (non-hydrogen) atoms. The van der Waals surface area contributed by atoms with Crippen LogP contribution in [0.25, 0.3) is 32.9 Å². The molecule has 3 N–H and O–H groups in total. The number of esters is 1. The molecule has 4 aromatic carbocycles. The molecule has 1 aliphatic heterocycles. The third-order valence-electron chi connectivity index (χ3n) is 9.19. The summed E-state index contributed by atoms with van der Waals surface area (Å²) in [6, 6.07) is 32.7. The number of para-hydroxylation sites is 2. The molecule has 1 amide bonds. The van der Waals surface area contributed by atoms with E-state index in [2.05, 4.69) is 69.7 Å². The van der Waals surface area contributed by atoms with E-state index in [1.807, 2.05) is 66.7 Å². The number of methoxy groups -OCH3 is 1. The zero-order valence-electron chi connectivity index (χ0n) is 26.1. The van der Waals surface area contributed by atoms with Crippen LogP contribution in [-0.2, 0) is 27.3 Å². The second kappa shape index (κ2) is 12.7. The van der Waals surface area contributed by atoms with E-state index in [0.29, 0.717) is 12.0 Å². The molecule has 6 aromatic rings. The zero-order chi connectivity index (χ0) is 31.6. The van der Waals surface area contributed by atoms with Crippen molar-refractivity contribution in [3.8, 4) is 11.1 Å². The number of rotatable bonds is 9. The Balaban J connectivity index is 1.23. The number of carbonyl (C=O) groups excluding carboxylic acids is 2. The Morgan fingerprint density at radius 3 is 2.35 bits per heavy atom. The highest BCUT2D eigenvalue weighted by Gasteiger charge is 2.37. The first kappa shape index (κ1) is 29.6. The summed E-state index contributed by atoms with van der Waals surface area (Å²) < 4.78 is 7.49. The average Bonchev–Trinajstić information content (AvgIpc) is 3.68. The number of amides is 1. The smallest absolute Gasteiger partial charge is 0.333 e. The summed E-state index contributed by atoms with van der Waals surface area (Å²) in [7, 11) is 1.35. The molecule has 232 valence electrons. The van der Waals surface area contributed by atoms with Crippen molar-refractivity contribution in [3.05, 3.63) is 132 Å². The summed E-state index contributed by atoms with van der Waals surface area (Å²) in [6.45, 7) is 3.13. The summed E-state index contributed by atoms with van der Waals surface area (Å²) in [5.41, 5.74) is 8.31. The van der Waals surface area contributed by atoms with E-state index in [1.54, 1.807) is 0 Å². The third-order valence-corrected chi connectivity index (χ3v) is 9.19. The molecule has 7 nitrogen and oxygen atoms in total. The lowest BCUT2D eigenvalue weighted by Crippen LogP contribution is -2.51. The first-order chi connectivity index (χ1) is 22.6. The summed E-state index contributed by atoms with van der Waals surface area (Å²) in [5, 5.41) is 8.99. The normalized spacial score (nSPS) is 16.7. The van der Waals surface area contributed by atoms with Crippen LogP contribution in [0.2, 0.25) is 0 Å². The number of ether oxygens (including phenoxy) is 1. The molecule has 3 heterocycles. The van der Waals surface area contributed by atoms with Gasteiger partial charge in [-0.15, -0.1) is 0 Å². The largest absolute Gasteiger partial charge is 0.467 e. The van der Waals surface area contributed by atoms with Crippen LogP contribution in [0.15, 0.2) is 109 Å². The quantitative estimate of drug-likeness (QED) is 0.151. The Labute approximate surface area is 268 Å². The summed E-state index contributed by atoms with van der Waals surface area (Å²) in [6.07, 6.45) is 4.91. The fourth-order valence-corrected chi connectivity index (χ4v) is 6.80. The molecule has 0 fully saturated rings. The predicted octanol–water partition coefficient (Wildman–Crippen LogP) is 7.22. The number of aromatic amines is 1. The van der Waals surface area contributed by atoms with Crippen LogP contribution >= 0.6 is 0 Å². The monoisotopic (exact) mass is 610 g/mol. The number of hydrogen-bond acceptors (Lipinski definition) is 4. The van der Waals surface area contributed by atoms with Crippen LogP contribution in [0.1, 0.15) is 54.2 Å². The molecule has 7 heteroatoms. The van der Waals surface area contributed by atoms with E-state index in [9.17, 15) is 9.59 Å². The van der Waals surface area contributed by atoms with E-state index in [-0.39, 0.29) is 11.9 Å².